The van der Waals surface area contributed by atoms with Crippen molar-refractivity contribution in [1.82, 2.24) is 9.47 Å². The second-order valence-electron chi connectivity index (χ2n) is 6.74. The molecule has 0 aliphatic heterocycles. The SMILES string of the molecule is COc1cc(CN(C(=O)c2cc(S(N)(=O)=O)cn2C)C2CC2)ccc1OC(F)F. The maximum absolute atomic E-state index is 13.1. The monoisotopic (exact) mass is 429 g/mol. The van der Waals surface area contributed by atoms with Crippen LogP contribution in [0.15, 0.2) is 35.4 Å². The highest BCUT2D eigenvalue weighted by Crippen LogP contribution is 2.33. The molecule has 0 atom stereocenters. The number of aromatic nitrogens is 1. The van der Waals surface area contributed by atoms with Gasteiger partial charge in [0, 0.05) is 25.8 Å². The van der Waals surface area contributed by atoms with Crippen LogP contribution in [0.2, 0.25) is 0 Å². The van der Waals surface area contributed by atoms with Gasteiger partial charge in [0.2, 0.25) is 10.0 Å². The van der Waals surface area contributed by atoms with Crippen LogP contribution in [-0.2, 0) is 23.6 Å². The molecule has 0 bridgehead atoms. The van der Waals surface area contributed by atoms with Crippen molar-refractivity contribution in [2.24, 2.45) is 12.2 Å². The number of ether oxygens (including phenoxy) is 2. The van der Waals surface area contributed by atoms with Crippen molar-refractivity contribution in [3.8, 4) is 11.5 Å². The first-order chi connectivity index (χ1) is 13.6. The number of halogens is 2. The summed E-state index contributed by atoms with van der Waals surface area (Å²) in [5, 5.41) is 5.15. The number of aryl methyl sites for hydroxylation is 1. The van der Waals surface area contributed by atoms with Crippen LogP contribution in [0, 0.1) is 0 Å². The lowest BCUT2D eigenvalue weighted by atomic mass is 10.1. The van der Waals surface area contributed by atoms with E-state index in [2.05, 4.69) is 4.74 Å². The summed E-state index contributed by atoms with van der Waals surface area (Å²) in [6.07, 6.45) is 2.93. The zero-order valence-corrected chi connectivity index (χ0v) is 16.7. The Kier molecular flexibility index (Phi) is 5.80. The molecule has 1 aliphatic carbocycles. The van der Waals surface area contributed by atoms with Gasteiger partial charge in [-0.3, -0.25) is 4.79 Å². The highest BCUT2D eigenvalue weighted by Gasteiger charge is 2.34. The molecule has 29 heavy (non-hydrogen) atoms. The molecule has 158 valence electrons. The zero-order chi connectivity index (χ0) is 21.3. The molecule has 1 aromatic carbocycles. The van der Waals surface area contributed by atoms with E-state index in [-0.39, 0.29) is 40.6 Å². The quantitative estimate of drug-likeness (QED) is 0.692. The molecule has 1 heterocycles. The van der Waals surface area contributed by atoms with Crippen LogP contribution < -0.4 is 14.6 Å². The number of rotatable bonds is 8. The highest BCUT2D eigenvalue weighted by atomic mass is 32.2. The standard InChI is InChI=1S/C18H21F2N3O5S/c1-22-10-13(29(21,25)26)8-14(22)17(24)23(12-4-5-12)9-11-3-6-15(28-18(19)20)16(7-11)27-2/h3,6-8,10,12,18H,4-5,9H2,1-2H3,(H2,21,25,26). The van der Waals surface area contributed by atoms with Crippen LogP contribution in [0.25, 0.3) is 0 Å². The summed E-state index contributed by atoms with van der Waals surface area (Å²) < 4.78 is 59.1. The second-order valence-corrected chi connectivity index (χ2v) is 8.31. The van der Waals surface area contributed by atoms with Crippen LogP contribution in [0.4, 0.5) is 8.78 Å². The van der Waals surface area contributed by atoms with Crippen molar-refractivity contribution >= 4 is 15.9 Å². The van der Waals surface area contributed by atoms with E-state index in [0.29, 0.717) is 5.56 Å². The summed E-state index contributed by atoms with van der Waals surface area (Å²) in [6, 6.07) is 5.72. The Labute approximate surface area is 166 Å². The van der Waals surface area contributed by atoms with E-state index in [4.69, 9.17) is 9.88 Å². The molecule has 1 saturated carbocycles. The van der Waals surface area contributed by atoms with Gasteiger partial charge in [-0.25, -0.2) is 13.6 Å². The first-order valence-corrected chi connectivity index (χ1v) is 10.3. The van der Waals surface area contributed by atoms with Crippen molar-refractivity contribution < 1.29 is 31.5 Å². The van der Waals surface area contributed by atoms with Crippen molar-refractivity contribution in [2.45, 2.75) is 36.9 Å². The van der Waals surface area contributed by atoms with Gasteiger partial charge in [0.1, 0.15) is 10.6 Å². The summed E-state index contributed by atoms with van der Waals surface area (Å²) >= 11 is 0. The van der Waals surface area contributed by atoms with Gasteiger partial charge < -0.3 is 18.9 Å². The highest BCUT2D eigenvalue weighted by molar-refractivity contribution is 7.89. The fourth-order valence-electron chi connectivity index (χ4n) is 3.00. The predicted molar refractivity (Wildman–Crippen MR) is 99.3 cm³/mol. The second kappa shape index (κ2) is 7.99. The van der Waals surface area contributed by atoms with Gasteiger partial charge in [-0.05, 0) is 36.6 Å². The number of hydrogen-bond donors (Lipinski definition) is 1. The Morgan fingerprint density at radius 2 is 2.00 bits per heavy atom. The van der Waals surface area contributed by atoms with Gasteiger partial charge in [0.25, 0.3) is 5.91 Å². The largest absolute Gasteiger partial charge is 0.493 e. The number of primary sulfonamides is 1. The van der Waals surface area contributed by atoms with Crippen molar-refractivity contribution in [3.05, 3.63) is 41.7 Å². The molecular weight excluding hydrogens is 408 g/mol. The van der Waals surface area contributed by atoms with E-state index in [1.54, 1.807) is 18.0 Å². The average Bonchev–Trinajstić information content (AvgIpc) is 3.39. The Morgan fingerprint density at radius 1 is 1.31 bits per heavy atom. The number of sulfonamides is 1. The fourth-order valence-corrected chi connectivity index (χ4v) is 3.58. The molecule has 0 unspecified atom stereocenters. The third-order valence-corrected chi connectivity index (χ3v) is 5.45. The molecule has 0 radical (unpaired) electrons. The third kappa shape index (κ3) is 4.85. The van der Waals surface area contributed by atoms with E-state index < -0.39 is 16.6 Å². The maximum Gasteiger partial charge on any atom is 0.387 e. The molecule has 11 heteroatoms. The van der Waals surface area contributed by atoms with Gasteiger partial charge in [-0.15, -0.1) is 0 Å². The van der Waals surface area contributed by atoms with E-state index in [9.17, 15) is 22.0 Å². The lowest BCUT2D eigenvalue weighted by Gasteiger charge is -2.23. The Bertz CT molecular complexity index is 1020. The number of methoxy groups -OCH3 is 1. The van der Waals surface area contributed by atoms with Crippen LogP contribution in [0.1, 0.15) is 28.9 Å². The van der Waals surface area contributed by atoms with E-state index >= 15 is 0 Å². The molecule has 1 aliphatic rings. The number of benzene rings is 1. The van der Waals surface area contributed by atoms with Gasteiger partial charge in [-0.1, -0.05) is 6.07 Å². The molecule has 1 amide bonds. The normalized spacial score (nSPS) is 14.1. The van der Waals surface area contributed by atoms with Crippen LogP contribution in [-0.4, -0.2) is 43.6 Å². The third-order valence-electron chi connectivity index (χ3n) is 4.57. The first kappa shape index (κ1) is 21.1. The fraction of sp³-hybridized carbons (Fsp3) is 0.389. The van der Waals surface area contributed by atoms with Crippen LogP contribution in [0.3, 0.4) is 0 Å². The summed E-state index contributed by atoms with van der Waals surface area (Å²) in [6.45, 7) is -2.78. The summed E-state index contributed by atoms with van der Waals surface area (Å²) in [4.78, 5) is 14.5. The maximum atomic E-state index is 13.1. The number of carbonyl (C=O) groups is 1. The smallest absolute Gasteiger partial charge is 0.387 e. The Morgan fingerprint density at radius 3 is 2.52 bits per heavy atom. The lowest BCUT2D eigenvalue weighted by molar-refractivity contribution is -0.0512. The molecule has 0 spiro atoms. The topological polar surface area (TPSA) is 104 Å². The number of amides is 1. The molecule has 2 N–H and O–H groups in total. The number of hydrogen-bond acceptors (Lipinski definition) is 5. The lowest BCUT2D eigenvalue weighted by Crippen LogP contribution is -2.33. The molecule has 1 fully saturated rings. The predicted octanol–water partition coefficient (Wildman–Crippen LogP) is 2.09. The molecule has 0 saturated heterocycles. The van der Waals surface area contributed by atoms with E-state index in [0.717, 1.165) is 12.8 Å². The Hall–Kier alpha value is -2.66. The molecule has 8 nitrogen and oxygen atoms in total. The van der Waals surface area contributed by atoms with Crippen molar-refractivity contribution in [1.29, 1.82) is 0 Å². The van der Waals surface area contributed by atoms with Gasteiger partial charge in [-0.2, -0.15) is 8.78 Å². The number of alkyl halides is 2. The summed E-state index contributed by atoms with van der Waals surface area (Å²) in [7, 11) is -1.04. The number of nitrogens with two attached hydrogens (primary N) is 1. The molecule has 3 rings (SSSR count). The van der Waals surface area contributed by atoms with Crippen molar-refractivity contribution in [3.63, 3.8) is 0 Å². The Balaban J connectivity index is 1.86. The first-order valence-electron chi connectivity index (χ1n) is 8.72. The number of carbonyl (C=O) groups excluding carboxylic acids is 1. The minimum Gasteiger partial charge on any atom is -0.493 e. The van der Waals surface area contributed by atoms with E-state index in [1.807, 2.05) is 0 Å². The van der Waals surface area contributed by atoms with Crippen molar-refractivity contribution in [2.75, 3.05) is 7.11 Å². The minimum absolute atomic E-state index is 0.0123. The molecule has 1 aromatic heterocycles. The summed E-state index contributed by atoms with van der Waals surface area (Å²) in [5.74, 6) is -0.325. The van der Waals surface area contributed by atoms with Crippen LogP contribution >= 0.6 is 0 Å². The van der Waals surface area contributed by atoms with Gasteiger partial charge >= 0.3 is 6.61 Å². The number of nitrogens with zero attached hydrogens (tertiary/aromatic N) is 2. The van der Waals surface area contributed by atoms with Crippen LogP contribution in [0.5, 0.6) is 11.5 Å². The van der Waals surface area contributed by atoms with Gasteiger partial charge in [0.05, 0.1) is 7.11 Å². The molecular formula is C18H21F2N3O5S. The molecule has 2 aromatic rings. The zero-order valence-electron chi connectivity index (χ0n) is 15.8. The summed E-state index contributed by atoms with van der Waals surface area (Å²) in [5.41, 5.74) is 0.843. The van der Waals surface area contributed by atoms with Gasteiger partial charge in [0.15, 0.2) is 11.5 Å². The minimum atomic E-state index is -3.93. The van der Waals surface area contributed by atoms with E-state index in [1.165, 1.54) is 36.1 Å². The average molecular weight is 429 g/mol.